The molecule has 2 rings (SSSR count). The maximum atomic E-state index is 12.1. The molecule has 0 aromatic heterocycles. The predicted molar refractivity (Wildman–Crippen MR) is 85.8 cm³/mol. The first kappa shape index (κ1) is 16.6. The predicted octanol–water partition coefficient (Wildman–Crippen LogP) is 2.25. The largest absolute Gasteiger partial charge is 0.493 e. The van der Waals surface area contributed by atoms with Crippen LogP contribution < -0.4 is 10.1 Å². The standard InChI is InChI=1S/C17H26N2O3/c1-13(2)12-22-16-5-3-4-14(8-16)9-18-17(21)19-7-6-15(10-19)11-20/h3-5,8,13,15,20H,6-7,9-12H2,1-2H3,(H,18,21). The monoisotopic (exact) mass is 306 g/mol. The third-order valence-corrected chi connectivity index (χ3v) is 3.76. The van der Waals surface area contributed by atoms with Gasteiger partial charge in [0.15, 0.2) is 0 Å². The third kappa shape index (κ3) is 4.91. The van der Waals surface area contributed by atoms with Gasteiger partial charge in [-0.3, -0.25) is 0 Å². The van der Waals surface area contributed by atoms with Gasteiger partial charge in [0.1, 0.15) is 5.75 Å². The number of carbonyl (C=O) groups excluding carboxylic acids is 1. The smallest absolute Gasteiger partial charge is 0.317 e. The van der Waals surface area contributed by atoms with E-state index in [-0.39, 0.29) is 18.6 Å². The number of nitrogens with zero attached hydrogens (tertiary/aromatic N) is 1. The van der Waals surface area contributed by atoms with Gasteiger partial charge in [0, 0.05) is 32.2 Å². The van der Waals surface area contributed by atoms with Crippen molar-refractivity contribution in [3.63, 3.8) is 0 Å². The third-order valence-electron chi connectivity index (χ3n) is 3.76. The Bertz CT molecular complexity index is 491. The van der Waals surface area contributed by atoms with E-state index in [4.69, 9.17) is 9.84 Å². The van der Waals surface area contributed by atoms with Crippen LogP contribution in [0.4, 0.5) is 4.79 Å². The van der Waals surface area contributed by atoms with Gasteiger partial charge in [0.05, 0.1) is 6.61 Å². The fraction of sp³-hybridized carbons (Fsp3) is 0.588. The normalized spacial score (nSPS) is 17.8. The van der Waals surface area contributed by atoms with Gasteiger partial charge in [-0.15, -0.1) is 0 Å². The van der Waals surface area contributed by atoms with Crippen molar-refractivity contribution in [2.75, 3.05) is 26.3 Å². The number of aliphatic hydroxyl groups excluding tert-OH is 1. The van der Waals surface area contributed by atoms with Gasteiger partial charge < -0.3 is 20.1 Å². The van der Waals surface area contributed by atoms with Crippen molar-refractivity contribution in [3.05, 3.63) is 29.8 Å². The molecule has 1 fully saturated rings. The molecule has 0 radical (unpaired) electrons. The molecule has 1 aromatic carbocycles. The maximum Gasteiger partial charge on any atom is 0.317 e. The number of hydrogen-bond acceptors (Lipinski definition) is 3. The number of hydrogen-bond donors (Lipinski definition) is 2. The fourth-order valence-electron chi connectivity index (χ4n) is 2.46. The molecule has 1 aliphatic rings. The molecule has 5 nitrogen and oxygen atoms in total. The van der Waals surface area contributed by atoms with Crippen molar-refractivity contribution in [1.29, 1.82) is 0 Å². The van der Waals surface area contributed by atoms with Gasteiger partial charge in [-0.25, -0.2) is 4.79 Å². The molecule has 0 bridgehead atoms. The topological polar surface area (TPSA) is 61.8 Å². The minimum Gasteiger partial charge on any atom is -0.493 e. The highest BCUT2D eigenvalue weighted by Gasteiger charge is 2.25. The SMILES string of the molecule is CC(C)COc1cccc(CNC(=O)N2CCC(CO)C2)c1. The van der Waals surface area contributed by atoms with Gasteiger partial charge in [-0.1, -0.05) is 26.0 Å². The van der Waals surface area contributed by atoms with Gasteiger partial charge in [-0.2, -0.15) is 0 Å². The second-order valence-electron chi connectivity index (χ2n) is 6.29. The molecule has 22 heavy (non-hydrogen) atoms. The van der Waals surface area contributed by atoms with Crippen molar-refractivity contribution < 1.29 is 14.6 Å². The van der Waals surface area contributed by atoms with E-state index in [0.717, 1.165) is 17.7 Å². The first-order valence-electron chi connectivity index (χ1n) is 7.94. The molecule has 5 heteroatoms. The minimum absolute atomic E-state index is 0.0653. The number of nitrogens with one attached hydrogen (secondary N) is 1. The Labute approximate surface area is 132 Å². The van der Waals surface area contributed by atoms with Gasteiger partial charge in [0.25, 0.3) is 0 Å². The minimum atomic E-state index is -0.0653. The van der Waals surface area contributed by atoms with Crippen molar-refractivity contribution in [3.8, 4) is 5.75 Å². The lowest BCUT2D eigenvalue weighted by atomic mass is 10.1. The first-order valence-corrected chi connectivity index (χ1v) is 7.94. The van der Waals surface area contributed by atoms with Gasteiger partial charge >= 0.3 is 6.03 Å². The molecular weight excluding hydrogens is 280 g/mol. The molecule has 0 aliphatic carbocycles. The first-order chi connectivity index (χ1) is 10.6. The number of benzene rings is 1. The Morgan fingerprint density at radius 1 is 1.50 bits per heavy atom. The molecule has 0 spiro atoms. The maximum absolute atomic E-state index is 12.1. The van der Waals surface area contributed by atoms with E-state index in [2.05, 4.69) is 19.2 Å². The average molecular weight is 306 g/mol. The summed E-state index contributed by atoms with van der Waals surface area (Å²) in [5.41, 5.74) is 1.02. The van der Waals surface area contributed by atoms with Crippen LogP contribution in [0.2, 0.25) is 0 Å². The van der Waals surface area contributed by atoms with Crippen LogP contribution in [0.15, 0.2) is 24.3 Å². The fourth-order valence-corrected chi connectivity index (χ4v) is 2.46. The van der Waals surface area contributed by atoms with E-state index in [1.807, 2.05) is 24.3 Å². The van der Waals surface area contributed by atoms with Crippen LogP contribution in [0.5, 0.6) is 5.75 Å². The van der Waals surface area contributed by atoms with Crippen molar-refractivity contribution in [1.82, 2.24) is 10.2 Å². The van der Waals surface area contributed by atoms with Crippen LogP contribution in [-0.2, 0) is 6.54 Å². The molecule has 1 aromatic rings. The quantitative estimate of drug-likeness (QED) is 0.847. The molecule has 1 atom stereocenters. The second kappa shape index (κ2) is 8.03. The zero-order chi connectivity index (χ0) is 15.9. The van der Waals surface area contributed by atoms with E-state index in [0.29, 0.717) is 32.2 Å². The lowest BCUT2D eigenvalue weighted by Crippen LogP contribution is -2.38. The molecular formula is C17H26N2O3. The number of aliphatic hydroxyl groups is 1. The summed E-state index contributed by atoms with van der Waals surface area (Å²) in [6, 6.07) is 7.74. The van der Waals surface area contributed by atoms with Gasteiger partial charge in [0.2, 0.25) is 0 Å². The molecule has 1 heterocycles. The molecule has 2 amide bonds. The van der Waals surface area contributed by atoms with Crippen LogP contribution >= 0.6 is 0 Å². The highest BCUT2D eigenvalue weighted by atomic mass is 16.5. The van der Waals surface area contributed by atoms with Crippen molar-refractivity contribution in [2.45, 2.75) is 26.8 Å². The zero-order valence-corrected chi connectivity index (χ0v) is 13.4. The Morgan fingerprint density at radius 3 is 3.00 bits per heavy atom. The summed E-state index contributed by atoms with van der Waals surface area (Å²) in [4.78, 5) is 13.8. The van der Waals surface area contributed by atoms with E-state index in [1.165, 1.54) is 0 Å². The molecule has 1 saturated heterocycles. The summed E-state index contributed by atoms with van der Waals surface area (Å²) in [6.45, 7) is 6.90. The summed E-state index contributed by atoms with van der Waals surface area (Å²) in [7, 11) is 0. The summed E-state index contributed by atoms with van der Waals surface area (Å²) in [5.74, 6) is 1.54. The number of urea groups is 1. The summed E-state index contributed by atoms with van der Waals surface area (Å²) in [5, 5.41) is 12.0. The van der Waals surface area contributed by atoms with E-state index in [1.54, 1.807) is 4.90 Å². The number of rotatable bonds is 6. The average Bonchev–Trinajstić information content (AvgIpc) is 3.00. The van der Waals surface area contributed by atoms with E-state index < -0.39 is 0 Å². The van der Waals surface area contributed by atoms with Crippen LogP contribution in [0, 0.1) is 11.8 Å². The van der Waals surface area contributed by atoms with Crippen molar-refractivity contribution in [2.24, 2.45) is 11.8 Å². The molecule has 122 valence electrons. The second-order valence-corrected chi connectivity index (χ2v) is 6.29. The Balaban J connectivity index is 1.81. The Morgan fingerprint density at radius 2 is 2.32 bits per heavy atom. The highest BCUT2D eigenvalue weighted by molar-refractivity contribution is 5.74. The summed E-state index contributed by atoms with van der Waals surface area (Å²) < 4.78 is 5.69. The number of carbonyl (C=O) groups is 1. The summed E-state index contributed by atoms with van der Waals surface area (Å²) in [6.07, 6.45) is 0.877. The van der Waals surface area contributed by atoms with Crippen LogP contribution in [-0.4, -0.2) is 42.3 Å². The lowest BCUT2D eigenvalue weighted by molar-refractivity contribution is 0.198. The van der Waals surface area contributed by atoms with E-state index in [9.17, 15) is 4.79 Å². The molecule has 2 N–H and O–H groups in total. The number of ether oxygens (including phenoxy) is 1. The lowest BCUT2D eigenvalue weighted by Gasteiger charge is -2.17. The molecule has 1 aliphatic heterocycles. The Kier molecular flexibility index (Phi) is 6.07. The number of likely N-dealkylation sites (tertiary alicyclic amines) is 1. The van der Waals surface area contributed by atoms with Crippen LogP contribution in [0.3, 0.4) is 0 Å². The van der Waals surface area contributed by atoms with Gasteiger partial charge in [-0.05, 0) is 30.0 Å². The highest BCUT2D eigenvalue weighted by Crippen LogP contribution is 2.16. The molecule has 1 unspecified atom stereocenters. The van der Waals surface area contributed by atoms with E-state index >= 15 is 0 Å². The van der Waals surface area contributed by atoms with Crippen LogP contribution in [0.1, 0.15) is 25.8 Å². The van der Waals surface area contributed by atoms with Crippen LogP contribution in [0.25, 0.3) is 0 Å². The summed E-state index contributed by atoms with van der Waals surface area (Å²) >= 11 is 0. The van der Waals surface area contributed by atoms with Crippen molar-refractivity contribution >= 4 is 6.03 Å². The zero-order valence-electron chi connectivity index (χ0n) is 13.4. The molecule has 0 saturated carbocycles. The number of amides is 2. The Hall–Kier alpha value is -1.75.